The zero-order chi connectivity index (χ0) is 13.2. The number of aromatic nitrogens is 2. The summed E-state index contributed by atoms with van der Waals surface area (Å²) in [4.78, 5) is 8.81. The van der Waals surface area contributed by atoms with Crippen LogP contribution in [0.4, 0.5) is 5.69 Å². The van der Waals surface area contributed by atoms with E-state index in [4.69, 9.17) is 4.74 Å². The second-order valence-corrected chi connectivity index (χ2v) is 5.81. The number of fused-ring (bicyclic) bond motifs is 1. The molecule has 1 fully saturated rings. The van der Waals surface area contributed by atoms with Crippen LogP contribution in [0.1, 0.15) is 19.3 Å². The highest BCUT2D eigenvalue weighted by Gasteiger charge is 2.24. The lowest BCUT2D eigenvalue weighted by Crippen LogP contribution is -2.17. The number of anilines is 1. The van der Waals surface area contributed by atoms with Crippen molar-refractivity contribution < 1.29 is 4.74 Å². The lowest BCUT2D eigenvalue weighted by atomic mass is 10.2. The van der Waals surface area contributed by atoms with Gasteiger partial charge in [-0.2, -0.15) is 0 Å². The predicted molar refractivity (Wildman–Crippen MR) is 79.3 cm³/mol. The van der Waals surface area contributed by atoms with E-state index in [9.17, 15) is 0 Å². The summed E-state index contributed by atoms with van der Waals surface area (Å²) in [7, 11) is 1.79. The van der Waals surface area contributed by atoms with Crippen molar-refractivity contribution in [1.29, 1.82) is 0 Å². The number of rotatable bonds is 3. The average molecular weight is 322 g/mol. The van der Waals surface area contributed by atoms with Gasteiger partial charge in [-0.25, -0.2) is 0 Å². The van der Waals surface area contributed by atoms with Crippen molar-refractivity contribution in [2.24, 2.45) is 0 Å². The fourth-order valence-corrected chi connectivity index (χ4v) is 2.95. The Morgan fingerprint density at radius 1 is 1.37 bits per heavy atom. The van der Waals surface area contributed by atoms with Gasteiger partial charge in [-0.1, -0.05) is 0 Å². The van der Waals surface area contributed by atoms with Crippen LogP contribution in [-0.2, 0) is 4.74 Å². The summed E-state index contributed by atoms with van der Waals surface area (Å²) in [5, 5.41) is 3.57. The maximum absolute atomic E-state index is 5.41. The zero-order valence-electron chi connectivity index (χ0n) is 10.8. The number of ether oxygens (including phenoxy) is 1. The topological polar surface area (TPSA) is 47.0 Å². The molecule has 0 saturated heterocycles. The van der Waals surface area contributed by atoms with Gasteiger partial charge in [0.2, 0.25) is 0 Å². The van der Waals surface area contributed by atoms with Gasteiger partial charge >= 0.3 is 0 Å². The van der Waals surface area contributed by atoms with E-state index in [1.54, 1.807) is 7.11 Å². The Morgan fingerprint density at radius 2 is 2.26 bits per heavy atom. The van der Waals surface area contributed by atoms with Crippen LogP contribution >= 0.6 is 15.9 Å². The molecule has 19 heavy (non-hydrogen) atoms. The molecule has 0 spiro atoms. The van der Waals surface area contributed by atoms with E-state index < -0.39 is 0 Å². The second-order valence-electron chi connectivity index (χ2n) is 4.89. The maximum Gasteiger partial charge on any atom is 0.112 e. The van der Waals surface area contributed by atoms with E-state index in [-0.39, 0.29) is 0 Å². The molecule has 2 aromatic heterocycles. The van der Waals surface area contributed by atoms with Crippen LogP contribution in [-0.4, -0.2) is 29.2 Å². The Hall–Kier alpha value is -1.20. The molecular formula is C14H16BrN3O. The Balaban J connectivity index is 1.85. The van der Waals surface area contributed by atoms with Crippen LogP contribution < -0.4 is 5.32 Å². The van der Waals surface area contributed by atoms with Gasteiger partial charge in [-0.15, -0.1) is 0 Å². The summed E-state index contributed by atoms with van der Waals surface area (Å²) in [6, 6.07) is 4.43. The normalized spacial score (nSPS) is 22.8. The lowest BCUT2D eigenvalue weighted by molar-refractivity contribution is 0.108. The summed E-state index contributed by atoms with van der Waals surface area (Å²) in [6.07, 6.45) is 7.32. The molecule has 2 unspecified atom stereocenters. The first-order valence-electron chi connectivity index (χ1n) is 6.46. The molecule has 0 aromatic carbocycles. The fourth-order valence-electron chi connectivity index (χ4n) is 2.63. The smallest absolute Gasteiger partial charge is 0.112 e. The monoisotopic (exact) mass is 321 g/mol. The molecule has 1 aliphatic rings. The van der Waals surface area contributed by atoms with Crippen LogP contribution in [0.25, 0.3) is 11.0 Å². The van der Waals surface area contributed by atoms with E-state index in [0.29, 0.717) is 12.1 Å². The highest BCUT2D eigenvalue weighted by molar-refractivity contribution is 9.10. The van der Waals surface area contributed by atoms with Gasteiger partial charge in [0, 0.05) is 30.0 Å². The van der Waals surface area contributed by atoms with Gasteiger partial charge in [0.05, 0.1) is 17.3 Å². The van der Waals surface area contributed by atoms with Gasteiger partial charge in [0.25, 0.3) is 0 Å². The first-order chi connectivity index (χ1) is 9.26. The van der Waals surface area contributed by atoms with Crippen LogP contribution in [0.2, 0.25) is 0 Å². The highest BCUT2D eigenvalue weighted by Crippen LogP contribution is 2.28. The third-order valence-corrected chi connectivity index (χ3v) is 4.06. The van der Waals surface area contributed by atoms with Crippen molar-refractivity contribution >= 4 is 32.7 Å². The van der Waals surface area contributed by atoms with Crippen molar-refractivity contribution in [3.05, 3.63) is 29.0 Å². The largest absolute Gasteiger partial charge is 0.381 e. The number of hydrogen-bond donors (Lipinski definition) is 1. The Kier molecular flexibility index (Phi) is 3.66. The average Bonchev–Trinajstić information content (AvgIpc) is 2.86. The number of nitrogens with one attached hydrogen (secondary N) is 1. The molecule has 5 heteroatoms. The SMILES string of the molecule is COC1CCC(Nc2ccnc3cc(Br)cnc23)C1. The molecule has 1 aliphatic carbocycles. The van der Waals surface area contributed by atoms with E-state index in [1.807, 2.05) is 24.5 Å². The van der Waals surface area contributed by atoms with Crippen LogP contribution in [0, 0.1) is 0 Å². The van der Waals surface area contributed by atoms with E-state index in [1.165, 1.54) is 0 Å². The molecule has 2 heterocycles. The van der Waals surface area contributed by atoms with Crippen molar-refractivity contribution in [2.75, 3.05) is 12.4 Å². The van der Waals surface area contributed by atoms with Crippen molar-refractivity contribution in [3.63, 3.8) is 0 Å². The van der Waals surface area contributed by atoms with Crippen LogP contribution in [0.3, 0.4) is 0 Å². The van der Waals surface area contributed by atoms with Crippen LogP contribution in [0.15, 0.2) is 29.0 Å². The zero-order valence-corrected chi connectivity index (χ0v) is 12.4. The number of hydrogen-bond acceptors (Lipinski definition) is 4. The van der Waals surface area contributed by atoms with Gasteiger partial charge in [0.1, 0.15) is 5.52 Å². The maximum atomic E-state index is 5.41. The molecule has 1 saturated carbocycles. The van der Waals surface area contributed by atoms with E-state index >= 15 is 0 Å². The quantitative estimate of drug-likeness (QED) is 0.941. The van der Waals surface area contributed by atoms with Gasteiger partial charge in [-0.05, 0) is 47.3 Å². The summed E-state index contributed by atoms with van der Waals surface area (Å²) in [6.45, 7) is 0. The summed E-state index contributed by atoms with van der Waals surface area (Å²) in [5.74, 6) is 0. The first kappa shape index (κ1) is 12.8. The van der Waals surface area contributed by atoms with E-state index in [0.717, 1.165) is 40.5 Å². The molecule has 0 amide bonds. The predicted octanol–water partition coefficient (Wildman–Crippen LogP) is 3.37. The van der Waals surface area contributed by atoms with Crippen LogP contribution in [0.5, 0.6) is 0 Å². The third-order valence-electron chi connectivity index (χ3n) is 3.62. The highest BCUT2D eigenvalue weighted by atomic mass is 79.9. The second kappa shape index (κ2) is 5.43. The molecule has 0 radical (unpaired) electrons. The summed E-state index contributed by atoms with van der Waals surface area (Å²) >= 11 is 3.42. The van der Waals surface area contributed by atoms with Crippen molar-refractivity contribution in [2.45, 2.75) is 31.4 Å². The molecular weight excluding hydrogens is 306 g/mol. The number of halogens is 1. The van der Waals surface area contributed by atoms with Crippen molar-refractivity contribution in [3.8, 4) is 0 Å². The molecule has 1 N–H and O–H groups in total. The Labute approximate surface area is 120 Å². The number of nitrogens with zero attached hydrogens (tertiary/aromatic N) is 2. The van der Waals surface area contributed by atoms with Gasteiger partial charge in [-0.3, -0.25) is 9.97 Å². The molecule has 3 rings (SSSR count). The standard InChI is InChI=1S/C14H16BrN3O/c1-19-11-3-2-10(7-11)18-12-4-5-16-13-6-9(15)8-17-14(12)13/h4-6,8,10-11H,2-3,7H2,1H3,(H,16,18). The molecule has 4 nitrogen and oxygen atoms in total. The third kappa shape index (κ3) is 2.72. The number of methoxy groups -OCH3 is 1. The number of pyridine rings is 2. The minimum Gasteiger partial charge on any atom is -0.381 e. The van der Waals surface area contributed by atoms with Gasteiger partial charge in [0.15, 0.2) is 0 Å². The van der Waals surface area contributed by atoms with Crippen molar-refractivity contribution in [1.82, 2.24) is 9.97 Å². The van der Waals surface area contributed by atoms with E-state index in [2.05, 4.69) is 31.2 Å². The summed E-state index contributed by atoms with van der Waals surface area (Å²) < 4.78 is 6.36. The molecule has 100 valence electrons. The lowest BCUT2D eigenvalue weighted by Gasteiger charge is -2.15. The Bertz CT molecular complexity index is 590. The molecule has 2 atom stereocenters. The minimum absolute atomic E-state index is 0.382. The molecule has 0 aliphatic heterocycles. The molecule has 2 aromatic rings. The fraction of sp³-hybridized carbons (Fsp3) is 0.429. The van der Waals surface area contributed by atoms with Gasteiger partial charge < -0.3 is 10.1 Å². The molecule has 0 bridgehead atoms. The first-order valence-corrected chi connectivity index (χ1v) is 7.25. The Morgan fingerprint density at radius 3 is 3.05 bits per heavy atom. The minimum atomic E-state index is 0.382. The summed E-state index contributed by atoms with van der Waals surface area (Å²) in [5.41, 5.74) is 2.88.